The molecule has 1 N–H and O–H groups in total. The standard InChI is InChI=1S/C14H14F2N2/c1-10(11-4-6-17-7-5-11)18-9-12-2-3-13(15)8-14(12)16/h2-8,10,18H,9H2,1H3. The number of rotatable bonds is 4. The van der Waals surface area contributed by atoms with Gasteiger partial charge in [0.1, 0.15) is 11.6 Å². The molecule has 2 nitrogen and oxygen atoms in total. The van der Waals surface area contributed by atoms with Crippen LogP contribution in [0.1, 0.15) is 24.1 Å². The van der Waals surface area contributed by atoms with Crippen LogP contribution < -0.4 is 5.32 Å². The lowest BCUT2D eigenvalue weighted by Gasteiger charge is -2.14. The second-order valence-electron chi connectivity index (χ2n) is 4.12. The zero-order valence-electron chi connectivity index (χ0n) is 10.0. The summed E-state index contributed by atoms with van der Waals surface area (Å²) in [6.07, 6.45) is 3.43. The summed E-state index contributed by atoms with van der Waals surface area (Å²) in [6, 6.07) is 7.50. The molecule has 4 heteroatoms. The number of pyridine rings is 1. The Kier molecular flexibility index (Phi) is 3.99. The lowest BCUT2D eigenvalue weighted by molar-refractivity contribution is 0.533. The van der Waals surface area contributed by atoms with Crippen LogP contribution >= 0.6 is 0 Å². The van der Waals surface area contributed by atoms with Gasteiger partial charge in [0.15, 0.2) is 0 Å². The maximum absolute atomic E-state index is 13.4. The van der Waals surface area contributed by atoms with Crippen LogP contribution in [0.4, 0.5) is 8.78 Å². The average Bonchev–Trinajstić information content (AvgIpc) is 2.38. The van der Waals surface area contributed by atoms with Gasteiger partial charge in [0.05, 0.1) is 0 Å². The molecule has 0 aliphatic rings. The summed E-state index contributed by atoms with van der Waals surface area (Å²) in [5.41, 5.74) is 1.53. The van der Waals surface area contributed by atoms with Crippen LogP contribution in [0.5, 0.6) is 0 Å². The topological polar surface area (TPSA) is 24.9 Å². The highest BCUT2D eigenvalue weighted by molar-refractivity contribution is 5.19. The second kappa shape index (κ2) is 5.69. The van der Waals surface area contributed by atoms with Crippen molar-refractivity contribution in [2.75, 3.05) is 0 Å². The van der Waals surface area contributed by atoms with E-state index in [4.69, 9.17) is 0 Å². The third-order valence-corrected chi connectivity index (χ3v) is 2.82. The van der Waals surface area contributed by atoms with Crippen LogP contribution in [0, 0.1) is 11.6 Å². The van der Waals surface area contributed by atoms with Gasteiger partial charge in [-0.2, -0.15) is 0 Å². The fourth-order valence-electron chi connectivity index (χ4n) is 1.70. The van der Waals surface area contributed by atoms with Crippen LogP contribution in [0.15, 0.2) is 42.7 Å². The van der Waals surface area contributed by atoms with E-state index in [1.54, 1.807) is 12.4 Å². The van der Waals surface area contributed by atoms with Crippen molar-refractivity contribution in [3.63, 3.8) is 0 Å². The van der Waals surface area contributed by atoms with E-state index < -0.39 is 11.6 Å². The second-order valence-corrected chi connectivity index (χ2v) is 4.12. The van der Waals surface area contributed by atoms with Crippen LogP contribution in [0.3, 0.4) is 0 Å². The van der Waals surface area contributed by atoms with E-state index in [-0.39, 0.29) is 6.04 Å². The zero-order chi connectivity index (χ0) is 13.0. The molecule has 1 atom stereocenters. The molecule has 2 rings (SSSR count). The van der Waals surface area contributed by atoms with Gasteiger partial charge >= 0.3 is 0 Å². The number of benzene rings is 1. The Balaban J connectivity index is 1.99. The van der Waals surface area contributed by atoms with Gasteiger partial charge in [0.2, 0.25) is 0 Å². The molecule has 2 aromatic rings. The maximum atomic E-state index is 13.4. The number of aromatic nitrogens is 1. The van der Waals surface area contributed by atoms with Gasteiger partial charge in [-0.25, -0.2) is 8.78 Å². The van der Waals surface area contributed by atoms with E-state index in [1.165, 1.54) is 12.1 Å². The van der Waals surface area contributed by atoms with Gasteiger partial charge in [0.25, 0.3) is 0 Å². The van der Waals surface area contributed by atoms with Crippen molar-refractivity contribution in [3.8, 4) is 0 Å². The lowest BCUT2D eigenvalue weighted by atomic mass is 10.1. The minimum atomic E-state index is -0.557. The Morgan fingerprint density at radius 1 is 1.17 bits per heavy atom. The lowest BCUT2D eigenvalue weighted by Crippen LogP contribution is -2.18. The normalized spacial score (nSPS) is 12.4. The highest BCUT2D eigenvalue weighted by atomic mass is 19.1. The molecule has 0 amide bonds. The van der Waals surface area contributed by atoms with Crippen LogP contribution in [-0.4, -0.2) is 4.98 Å². The Morgan fingerprint density at radius 2 is 1.89 bits per heavy atom. The maximum Gasteiger partial charge on any atom is 0.130 e. The number of halogens is 2. The summed E-state index contributed by atoms with van der Waals surface area (Å²) in [4.78, 5) is 3.94. The van der Waals surface area contributed by atoms with Crippen LogP contribution in [0.25, 0.3) is 0 Å². The van der Waals surface area contributed by atoms with Crippen molar-refractivity contribution in [3.05, 3.63) is 65.5 Å². The molecule has 1 unspecified atom stereocenters. The predicted molar refractivity (Wildman–Crippen MR) is 65.8 cm³/mol. The largest absolute Gasteiger partial charge is 0.306 e. The van der Waals surface area contributed by atoms with Crippen molar-refractivity contribution in [2.24, 2.45) is 0 Å². The fraction of sp³-hybridized carbons (Fsp3) is 0.214. The summed E-state index contributed by atoms with van der Waals surface area (Å²) in [5.74, 6) is -1.08. The van der Waals surface area contributed by atoms with E-state index >= 15 is 0 Å². The van der Waals surface area contributed by atoms with Crippen molar-refractivity contribution in [1.82, 2.24) is 10.3 Å². The summed E-state index contributed by atoms with van der Waals surface area (Å²) in [7, 11) is 0. The van der Waals surface area contributed by atoms with E-state index in [0.717, 1.165) is 11.6 Å². The number of nitrogens with zero attached hydrogens (tertiary/aromatic N) is 1. The highest BCUT2D eigenvalue weighted by Gasteiger charge is 2.07. The Bertz CT molecular complexity index is 514. The summed E-state index contributed by atoms with van der Waals surface area (Å²) in [6.45, 7) is 2.34. The summed E-state index contributed by atoms with van der Waals surface area (Å²) >= 11 is 0. The molecule has 94 valence electrons. The van der Waals surface area contributed by atoms with E-state index in [9.17, 15) is 8.78 Å². The third-order valence-electron chi connectivity index (χ3n) is 2.82. The number of hydrogen-bond donors (Lipinski definition) is 1. The van der Waals surface area contributed by atoms with Crippen molar-refractivity contribution < 1.29 is 8.78 Å². The minimum absolute atomic E-state index is 0.0810. The Labute approximate surface area is 105 Å². The first-order valence-corrected chi connectivity index (χ1v) is 5.74. The van der Waals surface area contributed by atoms with Crippen molar-refractivity contribution in [1.29, 1.82) is 0 Å². The number of nitrogens with one attached hydrogen (secondary N) is 1. The molecule has 0 saturated heterocycles. The van der Waals surface area contributed by atoms with Crippen molar-refractivity contribution >= 4 is 0 Å². The van der Waals surface area contributed by atoms with Crippen molar-refractivity contribution in [2.45, 2.75) is 19.5 Å². The first-order valence-electron chi connectivity index (χ1n) is 5.74. The smallest absolute Gasteiger partial charge is 0.130 e. The quantitative estimate of drug-likeness (QED) is 0.898. The molecule has 1 aromatic carbocycles. The average molecular weight is 248 g/mol. The van der Waals surface area contributed by atoms with E-state index in [2.05, 4.69) is 10.3 Å². The Hall–Kier alpha value is -1.81. The molecule has 0 aliphatic carbocycles. The summed E-state index contributed by atoms with van der Waals surface area (Å²) < 4.78 is 26.2. The number of hydrogen-bond acceptors (Lipinski definition) is 2. The third kappa shape index (κ3) is 3.11. The van der Waals surface area contributed by atoms with Gasteiger partial charge < -0.3 is 5.32 Å². The fourth-order valence-corrected chi connectivity index (χ4v) is 1.70. The molecular formula is C14H14F2N2. The minimum Gasteiger partial charge on any atom is -0.306 e. The molecule has 0 bridgehead atoms. The van der Waals surface area contributed by atoms with Gasteiger partial charge in [-0.1, -0.05) is 6.07 Å². The van der Waals surface area contributed by atoms with Gasteiger partial charge in [-0.3, -0.25) is 4.98 Å². The molecule has 0 aliphatic heterocycles. The Morgan fingerprint density at radius 3 is 2.56 bits per heavy atom. The summed E-state index contributed by atoms with van der Waals surface area (Å²) in [5, 5.41) is 3.19. The highest BCUT2D eigenvalue weighted by Crippen LogP contribution is 2.13. The van der Waals surface area contributed by atoms with E-state index in [1.807, 2.05) is 19.1 Å². The first-order chi connectivity index (χ1) is 8.66. The molecule has 0 saturated carbocycles. The van der Waals surface area contributed by atoms with Gasteiger partial charge in [0, 0.05) is 36.6 Å². The predicted octanol–water partition coefficient (Wildman–Crippen LogP) is 3.21. The zero-order valence-corrected chi connectivity index (χ0v) is 10.0. The molecule has 1 heterocycles. The molecule has 0 spiro atoms. The van der Waals surface area contributed by atoms with Gasteiger partial charge in [-0.15, -0.1) is 0 Å². The molecule has 0 radical (unpaired) electrons. The van der Waals surface area contributed by atoms with Crippen LogP contribution in [-0.2, 0) is 6.54 Å². The monoisotopic (exact) mass is 248 g/mol. The SMILES string of the molecule is CC(NCc1ccc(F)cc1F)c1ccncc1. The molecule has 1 aromatic heterocycles. The van der Waals surface area contributed by atoms with Gasteiger partial charge in [-0.05, 0) is 30.7 Å². The van der Waals surface area contributed by atoms with Crippen LogP contribution in [0.2, 0.25) is 0 Å². The first kappa shape index (κ1) is 12.6. The molecule has 0 fully saturated rings. The molecule has 18 heavy (non-hydrogen) atoms. The van der Waals surface area contributed by atoms with E-state index in [0.29, 0.717) is 12.1 Å². The molecular weight excluding hydrogens is 234 g/mol.